The predicted molar refractivity (Wildman–Crippen MR) is 90.0 cm³/mol. The number of hydrogen-bond acceptors (Lipinski definition) is 6. The molecule has 2 rings (SSSR count). The van der Waals surface area contributed by atoms with E-state index in [0.29, 0.717) is 20.8 Å². The Morgan fingerprint density at radius 1 is 1.45 bits per heavy atom. The Bertz CT molecular complexity index is 732. The molecule has 0 fully saturated rings. The van der Waals surface area contributed by atoms with Gasteiger partial charge in [0.05, 0.1) is 10.1 Å². The molecule has 22 heavy (non-hydrogen) atoms. The van der Waals surface area contributed by atoms with E-state index in [1.807, 2.05) is 6.92 Å². The molecule has 0 saturated heterocycles. The number of hydrogen-bond donors (Lipinski definition) is 2. The van der Waals surface area contributed by atoms with E-state index in [4.69, 9.17) is 23.2 Å². The number of aromatic amines is 1. The summed E-state index contributed by atoms with van der Waals surface area (Å²) in [6, 6.07) is 1.57. The van der Waals surface area contributed by atoms with Crippen molar-refractivity contribution in [2.75, 3.05) is 12.3 Å². The zero-order chi connectivity index (χ0) is 16.1. The van der Waals surface area contributed by atoms with Gasteiger partial charge in [0, 0.05) is 12.1 Å². The minimum Gasteiger partial charge on any atom is -0.355 e. The number of thiophene rings is 1. The molecule has 1 amide bonds. The molecule has 6 nitrogen and oxygen atoms in total. The van der Waals surface area contributed by atoms with Crippen LogP contribution in [0.1, 0.15) is 13.3 Å². The van der Waals surface area contributed by atoms with Gasteiger partial charge in [0.2, 0.25) is 5.91 Å². The summed E-state index contributed by atoms with van der Waals surface area (Å²) in [7, 11) is 0. The normalized spacial score (nSPS) is 10.7. The fourth-order valence-corrected chi connectivity index (χ4v) is 3.61. The molecule has 0 bridgehead atoms. The van der Waals surface area contributed by atoms with E-state index < -0.39 is 5.56 Å². The van der Waals surface area contributed by atoms with Crippen LogP contribution in [0.4, 0.5) is 0 Å². The van der Waals surface area contributed by atoms with E-state index in [9.17, 15) is 9.59 Å². The first kappa shape index (κ1) is 17.3. The third-order valence-corrected chi connectivity index (χ3v) is 4.85. The minimum atomic E-state index is -0.428. The quantitative estimate of drug-likeness (QED) is 0.754. The van der Waals surface area contributed by atoms with E-state index in [1.165, 1.54) is 0 Å². The average Bonchev–Trinajstić information content (AvgIpc) is 2.81. The SMILES string of the molecule is CCCNC(=O)CSc1nnc(-c2cc(Cl)sc2Cl)c(=O)[nH]1. The Morgan fingerprint density at radius 3 is 2.82 bits per heavy atom. The lowest BCUT2D eigenvalue weighted by atomic mass is 10.2. The van der Waals surface area contributed by atoms with Crippen LogP contribution in [0.5, 0.6) is 0 Å². The van der Waals surface area contributed by atoms with Gasteiger partial charge in [0.1, 0.15) is 4.34 Å². The van der Waals surface area contributed by atoms with E-state index in [-0.39, 0.29) is 22.5 Å². The Balaban J connectivity index is 2.09. The van der Waals surface area contributed by atoms with Crippen LogP contribution < -0.4 is 10.9 Å². The molecule has 2 heterocycles. The molecule has 0 aliphatic carbocycles. The zero-order valence-corrected chi connectivity index (χ0v) is 14.6. The van der Waals surface area contributed by atoms with E-state index in [0.717, 1.165) is 29.5 Å². The highest BCUT2D eigenvalue weighted by Gasteiger charge is 2.15. The van der Waals surface area contributed by atoms with E-state index in [2.05, 4.69) is 20.5 Å². The van der Waals surface area contributed by atoms with Crippen LogP contribution >= 0.6 is 46.3 Å². The molecule has 10 heteroatoms. The lowest BCUT2D eigenvalue weighted by Crippen LogP contribution is -2.26. The highest BCUT2D eigenvalue weighted by atomic mass is 35.5. The average molecular weight is 379 g/mol. The lowest BCUT2D eigenvalue weighted by molar-refractivity contribution is -0.118. The molecule has 0 radical (unpaired) electrons. The summed E-state index contributed by atoms with van der Waals surface area (Å²) in [6.45, 7) is 2.59. The molecule has 0 spiro atoms. The maximum Gasteiger partial charge on any atom is 0.278 e. The second-order valence-electron chi connectivity index (χ2n) is 4.18. The van der Waals surface area contributed by atoms with Crippen molar-refractivity contribution in [3.63, 3.8) is 0 Å². The van der Waals surface area contributed by atoms with Crippen LogP contribution in [0.25, 0.3) is 11.3 Å². The first-order valence-electron chi connectivity index (χ1n) is 6.33. The fourth-order valence-electron chi connectivity index (χ4n) is 1.51. The Kier molecular flexibility index (Phi) is 6.25. The van der Waals surface area contributed by atoms with Gasteiger partial charge in [-0.05, 0) is 12.5 Å². The summed E-state index contributed by atoms with van der Waals surface area (Å²) in [4.78, 5) is 26.1. The predicted octanol–water partition coefficient (Wildman–Crippen LogP) is 2.82. The number of halogens is 2. The smallest absolute Gasteiger partial charge is 0.278 e. The van der Waals surface area contributed by atoms with Gasteiger partial charge in [0.15, 0.2) is 10.9 Å². The number of carbonyl (C=O) groups excluding carboxylic acids is 1. The van der Waals surface area contributed by atoms with Gasteiger partial charge in [-0.2, -0.15) is 0 Å². The summed E-state index contributed by atoms with van der Waals surface area (Å²) in [5, 5.41) is 10.8. The third-order valence-electron chi connectivity index (χ3n) is 2.50. The van der Waals surface area contributed by atoms with Gasteiger partial charge >= 0.3 is 0 Å². The fraction of sp³-hybridized carbons (Fsp3) is 0.333. The molecule has 0 saturated carbocycles. The van der Waals surface area contributed by atoms with Crippen molar-refractivity contribution in [3.05, 3.63) is 25.1 Å². The van der Waals surface area contributed by atoms with Crippen LogP contribution in [0, 0.1) is 0 Å². The monoisotopic (exact) mass is 378 g/mol. The highest BCUT2D eigenvalue weighted by molar-refractivity contribution is 7.99. The van der Waals surface area contributed by atoms with Gasteiger partial charge in [-0.15, -0.1) is 21.5 Å². The number of amides is 1. The second kappa shape index (κ2) is 7.96. The molecule has 2 aromatic heterocycles. The summed E-state index contributed by atoms with van der Waals surface area (Å²) in [6.07, 6.45) is 0.867. The Hall–Kier alpha value is -1.09. The summed E-state index contributed by atoms with van der Waals surface area (Å²) in [5.74, 6) is 0.0425. The van der Waals surface area contributed by atoms with Crippen LogP contribution in [0.2, 0.25) is 8.67 Å². The van der Waals surface area contributed by atoms with Crippen molar-refractivity contribution in [1.82, 2.24) is 20.5 Å². The van der Waals surface area contributed by atoms with Crippen LogP contribution in [0.3, 0.4) is 0 Å². The summed E-state index contributed by atoms with van der Waals surface area (Å²) >= 11 is 14.1. The number of thioether (sulfide) groups is 1. The molecule has 2 N–H and O–H groups in total. The topological polar surface area (TPSA) is 87.7 Å². The van der Waals surface area contributed by atoms with Crippen LogP contribution in [-0.2, 0) is 4.79 Å². The van der Waals surface area contributed by atoms with Gasteiger partial charge in [0.25, 0.3) is 5.56 Å². The van der Waals surface area contributed by atoms with Gasteiger partial charge in [-0.3, -0.25) is 14.6 Å². The Labute approximate surface area is 144 Å². The van der Waals surface area contributed by atoms with Crippen molar-refractivity contribution in [1.29, 1.82) is 0 Å². The number of rotatable bonds is 6. The van der Waals surface area contributed by atoms with Crippen LogP contribution in [-0.4, -0.2) is 33.4 Å². The van der Waals surface area contributed by atoms with Gasteiger partial charge in [-0.1, -0.05) is 41.9 Å². The molecular formula is C12H12Cl2N4O2S2. The Morgan fingerprint density at radius 2 is 2.23 bits per heavy atom. The van der Waals surface area contributed by atoms with Crippen LogP contribution in [0.15, 0.2) is 16.0 Å². The van der Waals surface area contributed by atoms with Gasteiger partial charge < -0.3 is 5.32 Å². The number of H-pyrrole nitrogens is 1. The largest absolute Gasteiger partial charge is 0.355 e. The molecule has 0 aliphatic heterocycles. The van der Waals surface area contributed by atoms with Crippen molar-refractivity contribution in [3.8, 4) is 11.3 Å². The number of nitrogens with zero attached hydrogens (tertiary/aromatic N) is 2. The molecule has 2 aromatic rings. The van der Waals surface area contributed by atoms with Crippen molar-refractivity contribution < 1.29 is 4.79 Å². The molecule has 0 unspecified atom stereocenters. The summed E-state index contributed by atoms with van der Waals surface area (Å²) in [5.41, 5.74) is 0.124. The zero-order valence-electron chi connectivity index (χ0n) is 11.5. The maximum atomic E-state index is 12.0. The molecular weight excluding hydrogens is 367 g/mol. The lowest BCUT2D eigenvalue weighted by Gasteiger charge is -2.03. The van der Waals surface area contributed by atoms with E-state index in [1.54, 1.807) is 6.07 Å². The third kappa shape index (κ3) is 4.45. The molecule has 118 valence electrons. The first-order chi connectivity index (χ1) is 10.5. The second-order valence-corrected chi connectivity index (χ2v) is 7.43. The number of nitrogens with one attached hydrogen (secondary N) is 2. The van der Waals surface area contributed by atoms with Crippen molar-refractivity contribution >= 4 is 52.2 Å². The molecule has 0 atom stereocenters. The van der Waals surface area contributed by atoms with Gasteiger partial charge in [-0.25, -0.2) is 0 Å². The standard InChI is InChI=1S/C12H12Cl2N4O2S2/c1-2-3-15-8(19)5-21-12-16-11(20)9(17-18-12)6-4-7(13)22-10(6)14/h4H,2-3,5H2,1H3,(H,15,19)(H,16,18,20). The minimum absolute atomic E-state index is 0.105. The van der Waals surface area contributed by atoms with E-state index >= 15 is 0 Å². The number of aromatic nitrogens is 3. The van der Waals surface area contributed by atoms with Crippen molar-refractivity contribution in [2.24, 2.45) is 0 Å². The molecule has 0 aliphatic rings. The first-order valence-corrected chi connectivity index (χ1v) is 8.88. The summed E-state index contributed by atoms with van der Waals surface area (Å²) < 4.78 is 0.844. The number of carbonyl (C=O) groups is 1. The van der Waals surface area contributed by atoms with Crippen molar-refractivity contribution in [2.45, 2.75) is 18.5 Å². The molecule has 0 aromatic carbocycles. The maximum absolute atomic E-state index is 12.0. The highest BCUT2D eigenvalue weighted by Crippen LogP contribution is 2.35.